The Morgan fingerprint density at radius 3 is 2.33 bits per heavy atom. The van der Waals surface area contributed by atoms with Crippen molar-refractivity contribution in [3.05, 3.63) is 35.6 Å². The van der Waals surface area contributed by atoms with Crippen molar-refractivity contribution in [2.45, 2.75) is 13.3 Å². The maximum Gasteiger partial charge on any atom is 0.372 e. The Hall–Kier alpha value is -1.71. The second kappa shape index (κ2) is 4.68. The maximum atomic E-state index is 12.5. The number of halogens is 1. The number of carboxylic acid groups (broad SMARTS) is 1. The van der Waals surface area contributed by atoms with Crippen molar-refractivity contribution in [2.75, 3.05) is 0 Å². The summed E-state index contributed by atoms with van der Waals surface area (Å²) in [6.07, 6.45) is 0.311. The third-order valence-corrected chi connectivity index (χ3v) is 2.11. The molecule has 1 N–H and O–H groups in total. The van der Waals surface area contributed by atoms with Gasteiger partial charge in [-0.05, 0) is 24.1 Å². The molecule has 0 fully saturated rings. The van der Waals surface area contributed by atoms with Crippen molar-refractivity contribution in [2.24, 2.45) is 5.92 Å². The number of ketones is 1. The first kappa shape index (κ1) is 11.4. The number of carboxylic acids is 1. The zero-order valence-corrected chi connectivity index (χ0v) is 8.24. The topological polar surface area (TPSA) is 54.4 Å². The first-order valence-corrected chi connectivity index (χ1v) is 4.52. The molecule has 0 amide bonds. The third-order valence-electron chi connectivity index (χ3n) is 2.11. The second-order valence-electron chi connectivity index (χ2n) is 3.40. The van der Waals surface area contributed by atoms with Crippen LogP contribution in [-0.2, 0) is 16.0 Å². The molecule has 0 aromatic heterocycles. The summed E-state index contributed by atoms with van der Waals surface area (Å²) < 4.78 is 12.5. The van der Waals surface area contributed by atoms with Gasteiger partial charge >= 0.3 is 5.97 Å². The summed E-state index contributed by atoms with van der Waals surface area (Å²) in [5, 5.41) is 8.47. The molecule has 1 aromatic rings. The molecule has 3 nitrogen and oxygen atoms in total. The minimum absolute atomic E-state index is 0.311. The first-order chi connectivity index (χ1) is 7.00. The van der Waals surface area contributed by atoms with Crippen molar-refractivity contribution >= 4 is 11.8 Å². The summed E-state index contributed by atoms with van der Waals surface area (Å²) >= 11 is 0. The molecular weight excluding hydrogens is 199 g/mol. The van der Waals surface area contributed by atoms with Crippen LogP contribution in [0.15, 0.2) is 24.3 Å². The van der Waals surface area contributed by atoms with E-state index in [1.54, 1.807) is 19.1 Å². The molecule has 0 saturated carbocycles. The van der Waals surface area contributed by atoms with Crippen LogP contribution in [0, 0.1) is 11.7 Å². The van der Waals surface area contributed by atoms with E-state index in [4.69, 9.17) is 5.11 Å². The number of carbonyl (C=O) groups excluding carboxylic acids is 1. The minimum atomic E-state index is -1.43. The smallest absolute Gasteiger partial charge is 0.372 e. The van der Waals surface area contributed by atoms with E-state index in [1.807, 2.05) is 0 Å². The van der Waals surface area contributed by atoms with E-state index < -0.39 is 17.7 Å². The SMILES string of the molecule is CC(Cc1ccc(F)cc1)C(=O)C(=O)O. The van der Waals surface area contributed by atoms with Gasteiger partial charge in [-0.25, -0.2) is 9.18 Å². The predicted octanol–water partition coefficient (Wildman–Crippen LogP) is 1.66. The van der Waals surface area contributed by atoms with E-state index in [9.17, 15) is 14.0 Å². The number of hydrogen-bond acceptors (Lipinski definition) is 2. The van der Waals surface area contributed by atoms with Gasteiger partial charge in [0.25, 0.3) is 0 Å². The van der Waals surface area contributed by atoms with Gasteiger partial charge in [-0.2, -0.15) is 0 Å². The minimum Gasteiger partial charge on any atom is -0.475 e. The molecule has 0 bridgehead atoms. The highest BCUT2D eigenvalue weighted by Crippen LogP contribution is 2.10. The lowest BCUT2D eigenvalue weighted by molar-refractivity contribution is -0.150. The first-order valence-electron chi connectivity index (χ1n) is 4.52. The molecule has 1 rings (SSSR count). The molecule has 0 aliphatic heterocycles. The lowest BCUT2D eigenvalue weighted by Gasteiger charge is -2.06. The number of hydrogen-bond donors (Lipinski definition) is 1. The van der Waals surface area contributed by atoms with Crippen molar-refractivity contribution in [1.82, 2.24) is 0 Å². The van der Waals surface area contributed by atoms with E-state index in [2.05, 4.69) is 0 Å². The Morgan fingerprint density at radius 2 is 1.87 bits per heavy atom. The van der Waals surface area contributed by atoms with Gasteiger partial charge in [0, 0.05) is 5.92 Å². The molecule has 0 aliphatic rings. The van der Waals surface area contributed by atoms with Gasteiger partial charge in [-0.15, -0.1) is 0 Å². The summed E-state index contributed by atoms with van der Waals surface area (Å²) in [6, 6.07) is 5.66. The van der Waals surface area contributed by atoms with Gasteiger partial charge in [0.1, 0.15) is 5.82 Å². The summed E-state index contributed by atoms with van der Waals surface area (Å²) in [6.45, 7) is 1.54. The molecule has 0 spiro atoms. The Balaban J connectivity index is 2.66. The largest absolute Gasteiger partial charge is 0.475 e. The number of Topliss-reactive ketones (excluding diaryl/α,β-unsaturated/α-hetero) is 1. The molecular formula is C11H11FO3. The van der Waals surface area contributed by atoms with E-state index in [0.29, 0.717) is 6.42 Å². The number of benzene rings is 1. The summed E-state index contributed by atoms with van der Waals surface area (Å²) in [5.41, 5.74) is 0.749. The lowest BCUT2D eigenvalue weighted by Crippen LogP contribution is -2.22. The molecule has 15 heavy (non-hydrogen) atoms. The summed E-state index contributed by atoms with van der Waals surface area (Å²) in [4.78, 5) is 21.4. The zero-order chi connectivity index (χ0) is 11.4. The van der Waals surface area contributed by atoms with Crippen molar-refractivity contribution < 1.29 is 19.1 Å². The van der Waals surface area contributed by atoms with Crippen LogP contribution in [0.25, 0.3) is 0 Å². The Kier molecular flexibility index (Phi) is 3.55. The van der Waals surface area contributed by atoms with Gasteiger partial charge < -0.3 is 5.11 Å². The summed E-state index contributed by atoms with van der Waals surface area (Å²) in [5.74, 6) is -3.19. The van der Waals surface area contributed by atoms with Crippen molar-refractivity contribution in [3.8, 4) is 0 Å². The van der Waals surface area contributed by atoms with Crippen LogP contribution in [0.3, 0.4) is 0 Å². The van der Waals surface area contributed by atoms with E-state index in [0.717, 1.165) is 5.56 Å². The highest BCUT2D eigenvalue weighted by atomic mass is 19.1. The Labute approximate surface area is 86.5 Å². The summed E-state index contributed by atoms with van der Waals surface area (Å²) in [7, 11) is 0. The van der Waals surface area contributed by atoms with Gasteiger partial charge in [0.15, 0.2) is 0 Å². The van der Waals surface area contributed by atoms with Crippen LogP contribution in [0.1, 0.15) is 12.5 Å². The van der Waals surface area contributed by atoms with E-state index in [-0.39, 0.29) is 5.82 Å². The van der Waals surface area contributed by atoms with Crippen LogP contribution in [0.4, 0.5) is 4.39 Å². The number of rotatable bonds is 4. The number of aliphatic carboxylic acids is 1. The predicted molar refractivity (Wildman–Crippen MR) is 51.9 cm³/mol. The lowest BCUT2D eigenvalue weighted by atomic mass is 9.97. The molecule has 1 atom stereocenters. The molecule has 0 aliphatic carbocycles. The standard InChI is InChI=1S/C11H11FO3/c1-7(10(13)11(14)15)6-8-2-4-9(12)5-3-8/h2-5,7H,6H2,1H3,(H,14,15). The quantitative estimate of drug-likeness (QED) is 0.769. The van der Waals surface area contributed by atoms with Crippen LogP contribution < -0.4 is 0 Å². The van der Waals surface area contributed by atoms with E-state index in [1.165, 1.54) is 12.1 Å². The maximum absolute atomic E-state index is 12.5. The average molecular weight is 210 g/mol. The molecule has 0 saturated heterocycles. The molecule has 0 radical (unpaired) electrons. The second-order valence-corrected chi connectivity index (χ2v) is 3.40. The number of carbonyl (C=O) groups is 2. The fourth-order valence-electron chi connectivity index (χ4n) is 1.28. The average Bonchev–Trinajstić information content (AvgIpc) is 2.20. The van der Waals surface area contributed by atoms with Crippen LogP contribution in [-0.4, -0.2) is 16.9 Å². The Morgan fingerprint density at radius 1 is 1.33 bits per heavy atom. The zero-order valence-electron chi connectivity index (χ0n) is 8.24. The van der Waals surface area contributed by atoms with Crippen LogP contribution >= 0.6 is 0 Å². The molecule has 4 heteroatoms. The van der Waals surface area contributed by atoms with E-state index >= 15 is 0 Å². The van der Waals surface area contributed by atoms with Crippen molar-refractivity contribution in [1.29, 1.82) is 0 Å². The normalized spacial score (nSPS) is 12.1. The van der Waals surface area contributed by atoms with Gasteiger partial charge in [-0.1, -0.05) is 19.1 Å². The molecule has 80 valence electrons. The van der Waals surface area contributed by atoms with Gasteiger partial charge in [0.05, 0.1) is 0 Å². The molecule has 1 aromatic carbocycles. The highest BCUT2D eigenvalue weighted by molar-refractivity contribution is 6.33. The third kappa shape index (κ3) is 3.16. The molecule has 0 heterocycles. The fraction of sp³-hybridized carbons (Fsp3) is 0.273. The van der Waals surface area contributed by atoms with Crippen LogP contribution in [0.2, 0.25) is 0 Å². The van der Waals surface area contributed by atoms with Gasteiger partial charge in [-0.3, -0.25) is 4.79 Å². The monoisotopic (exact) mass is 210 g/mol. The molecule has 1 unspecified atom stereocenters. The van der Waals surface area contributed by atoms with Gasteiger partial charge in [0.2, 0.25) is 5.78 Å². The van der Waals surface area contributed by atoms with Crippen molar-refractivity contribution in [3.63, 3.8) is 0 Å². The van der Waals surface area contributed by atoms with Crippen LogP contribution in [0.5, 0.6) is 0 Å². The highest BCUT2D eigenvalue weighted by Gasteiger charge is 2.20. The fourth-order valence-corrected chi connectivity index (χ4v) is 1.28. The Bertz CT molecular complexity index is 370.